The molecule has 0 radical (unpaired) electrons. The fourth-order valence-electron chi connectivity index (χ4n) is 0.701. The van der Waals surface area contributed by atoms with Crippen molar-refractivity contribution in [1.82, 2.24) is 4.98 Å². The summed E-state index contributed by atoms with van der Waals surface area (Å²) in [6, 6.07) is 5.72. The molecule has 58 valence electrons. The number of pyridine rings is 1. The zero-order valence-electron chi connectivity index (χ0n) is 5.80. The third kappa shape index (κ3) is 3.40. The van der Waals surface area contributed by atoms with E-state index in [9.17, 15) is 0 Å². The maximum Gasteiger partial charge on any atom is 0.103 e. The Bertz CT molecular complexity index is 240. The molecule has 1 aromatic rings. The molecule has 11 heavy (non-hydrogen) atoms. The van der Waals surface area contributed by atoms with Crippen LogP contribution in [0.4, 0.5) is 0 Å². The lowest BCUT2D eigenvalue weighted by atomic mass is 10.3. The lowest BCUT2D eigenvalue weighted by Crippen LogP contribution is -1.84. The third-order valence-corrected chi connectivity index (χ3v) is 1.50. The second-order valence-corrected chi connectivity index (χ2v) is 3.03. The Morgan fingerprint density at radius 2 is 2.27 bits per heavy atom. The number of halogens is 2. The van der Waals surface area contributed by atoms with Crippen molar-refractivity contribution in [1.29, 1.82) is 0 Å². The van der Waals surface area contributed by atoms with Crippen LogP contribution >= 0.6 is 23.2 Å². The average molecular weight is 188 g/mol. The van der Waals surface area contributed by atoms with Gasteiger partial charge in [-0.3, -0.25) is 4.98 Å². The van der Waals surface area contributed by atoms with Crippen LogP contribution in [0.15, 0.2) is 35.0 Å². The zero-order valence-corrected chi connectivity index (χ0v) is 7.31. The summed E-state index contributed by atoms with van der Waals surface area (Å²) in [5.41, 5.74) is 0.964. The second kappa shape index (κ2) is 4.37. The van der Waals surface area contributed by atoms with Gasteiger partial charge in [-0.2, -0.15) is 0 Å². The quantitative estimate of drug-likeness (QED) is 0.695. The van der Waals surface area contributed by atoms with E-state index in [0.717, 1.165) is 5.69 Å². The van der Waals surface area contributed by atoms with Gasteiger partial charge in [-0.1, -0.05) is 29.3 Å². The average Bonchev–Trinajstić information content (AvgIpc) is 2.03. The van der Waals surface area contributed by atoms with Crippen LogP contribution in [0.5, 0.6) is 0 Å². The molecule has 1 rings (SSSR count). The molecule has 0 fully saturated rings. The van der Waals surface area contributed by atoms with Crippen LogP contribution < -0.4 is 0 Å². The molecule has 1 heterocycles. The molecular weight excluding hydrogens is 181 g/mol. The van der Waals surface area contributed by atoms with Crippen molar-refractivity contribution in [2.24, 2.45) is 0 Å². The second-order valence-electron chi connectivity index (χ2n) is 2.02. The summed E-state index contributed by atoms with van der Waals surface area (Å²) in [4.78, 5) is 4.09. The Morgan fingerprint density at radius 3 is 2.82 bits per heavy atom. The molecule has 3 heteroatoms. The van der Waals surface area contributed by atoms with E-state index >= 15 is 0 Å². The molecule has 1 aromatic heterocycles. The molecule has 1 nitrogen and oxygen atoms in total. The lowest BCUT2D eigenvalue weighted by molar-refractivity contribution is 1.11. The van der Waals surface area contributed by atoms with E-state index in [4.69, 9.17) is 23.2 Å². The fraction of sp³-hybridized carbons (Fsp3) is 0.125. The summed E-state index contributed by atoms with van der Waals surface area (Å²) in [5, 5.41) is 0. The maximum atomic E-state index is 5.43. The number of aromatic nitrogens is 1. The largest absolute Gasteiger partial charge is 0.261 e. The van der Waals surface area contributed by atoms with Crippen molar-refractivity contribution in [3.8, 4) is 0 Å². The first-order valence-electron chi connectivity index (χ1n) is 3.20. The van der Waals surface area contributed by atoms with Gasteiger partial charge < -0.3 is 0 Å². The highest BCUT2D eigenvalue weighted by Crippen LogP contribution is 2.07. The molecule has 0 spiro atoms. The smallest absolute Gasteiger partial charge is 0.103 e. The molecule has 0 unspecified atom stereocenters. The molecular formula is C8H7Cl2N. The first kappa shape index (κ1) is 8.57. The summed E-state index contributed by atoms with van der Waals surface area (Å²) >= 11 is 10.9. The van der Waals surface area contributed by atoms with E-state index in [1.807, 2.05) is 18.2 Å². The normalized spacial score (nSPS) is 9.27. The summed E-state index contributed by atoms with van der Waals surface area (Å²) < 4.78 is 0.288. The maximum absolute atomic E-state index is 5.43. The van der Waals surface area contributed by atoms with Gasteiger partial charge >= 0.3 is 0 Å². The van der Waals surface area contributed by atoms with Crippen LogP contribution in [0, 0.1) is 0 Å². The summed E-state index contributed by atoms with van der Waals surface area (Å²) in [5.74, 6) is 0. The van der Waals surface area contributed by atoms with E-state index in [2.05, 4.69) is 4.98 Å². The summed E-state index contributed by atoms with van der Waals surface area (Å²) in [6.45, 7) is 0. The van der Waals surface area contributed by atoms with Gasteiger partial charge in [-0.25, -0.2) is 0 Å². The lowest BCUT2D eigenvalue weighted by Gasteiger charge is -1.92. The summed E-state index contributed by atoms with van der Waals surface area (Å²) in [7, 11) is 0. The molecule has 0 aromatic carbocycles. The van der Waals surface area contributed by atoms with Crippen LogP contribution in [0.1, 0.15) is 5.69 Å². The molecule has 0 aliphatic heterocycles. The minimum Gasteiger partial charge on any atom is -0.261 e. The Morgan fingerprint density at radius 1 is 1.45 bits per heavy atom. The molecule has 0 amide bonds. The Balaban J connectivity index is 2.59. The van der Waals surface area contributed by atoms with Crippen LogP contribution in [-0.4, -0.2) is 4.98 Å². The first-order valence-corrected chi connectivity index (χ1v) is 3.95. The van der Waals surface area contributed by atoms with Crippen LogP contribution in [-0.2, 0) is 6.42 Å². The van der Waals surface area contributed by atoms with Gasteiger partial charge in [-0.05, 0) is 18.2 Å². The molecule has 0 bridgehead atoms. The van der Waals surface area contributed by atoms with Crippen LogP contribution in [0.25, 0.3) is 0 Å². The van der Waals surface area contributed by atoms with Gasteiger partial charge in [0.1, 0.15) is 4.49 Å². The molecule has 0 atom stereocenters. The van der Waals surface area contributed by atoms with Gasteiger partial charge in [0.25, 0.3) is 0 Å². The number of nitrogens with zero attached hydrogens (tertiary/aromatic N) is 1. The van der Waals surface area contributed by atoms with Crippen molar-refractivity contribution in [2.75, 3.05) is 0 Å². The van der Waals surface area contributed by atoms with Crippen molar-refractivity contribution in [2.45, 2.75) is 6.42 Å². The number of rotatable bonds is 2. The topological polar surface area (TPSA) is 12.9 Å². The van der Waals surface area contributed by atoms with Gasteiger partial charge in [-0.15, -0.1) is 0 Å². The number of hydrogen-bond donors (Lipinski definition) is 0. The van der Waals surface area contributed by atoms with E-state index in [-0.39, 0.29) is 4.49 Å². The molecule has 0 saturated heterocycles. The highest BCUT2D eigenvalue weighted by molar-refractivity contribution is 6.55. The zero-order chi connectivity index (χ0) is 8.10. The SMILES string of the molecule is ClC(Cl)=CCc1ccccn1. The van der Waals surface area contributed by atoms with Crippen molar-refractivity contribution >= 4 is 23.2 Å². The van der Waals surface area contributed by atoms with Crippen LogP contribution in [0.3, 0.4) is 0 Å². The minimum atomic E-state index is 0.288. The van der Waals surface area contributed by atoms with Gasteiger partial charge in [0, 0.05) is 18.3 Å². The van der Waals surface area contributed by atoms with Crippen molar-refractivity contribution in [3.05, 3.63) is 40.7 Å². The Labute approximate surface area is 75.7 Å². The Kier molecular flexibility index (Phi) is 3.40. The monoisotopic (exact) mass is 187 g/mol. The predicted molar refractivity (Wildman–Crippen MR) is 47.7 cm³/mol. The molecule has 0 saturated carbocycles. The van der Waals surface area contributed by atoms with Crippen LogP contribution in [0.2, 0.25) is 0 Å². The van der Waals surface area contributed by atoms with Crippen molar-refractivity contribution in [3.63, 3.8) is 0 Å². The highest BCUT2D eigenvalue weighted by Gasteiger charge is 1.89. The minimum absolute atomic E-state index is 0.288. The number of hydrogen-bond acceptors (Lipinski definition) is 1. The predicted octanol–water partition coefficient (Wildman–Crippen LogP) is 2.94. The number of allylic oxidation sites excluding steroid dienone is 1. The van der Waals surface area contributed by atoms with E-state index in [0.29, 0.717) is 6.42 Å². The third-order valence-electron chi connectivity index (χ3n) is 1.19. The van der Waals surface area contributed by atoms with Gasteiger partial charge in [0.15, 0.2) is 0 Å². The van der Waals surface area contributed by atoms with Gasteiger partial charge in [0.05, 0.1) is 0 Å². The fourth-order valence-corrected chi connectivity index (χ4v) is 0.855. The first-order chi connectivity index (χ1) is 5.29. The highest BCUT2D eigenvalue weighted by atomic mass is 35.5. The molecule has 0 aliphatic carbocycles. The van der Waals surface area contributed by atoms with Crippen molar-refractivity contribution < 1.29 is 0 Å². The standard InChI is InChI=1S/C8H7Cl2N/c9-8(10)5-4-7-3-1-2-6-11-7/h1-3,5-6H,4H2. The van der Waals surface area contributed by atoms with Gasteiger partial charge in [0.2, 0.25) is 0 Å². The molecule has 0 aliphatic rings. The molecule has 0 N–H and O–H groups in total. The summed E-state index contributed by atoms with van der Waals surface area (Å²) in [6.07, 6.45) is 4.14. The Hall–Kier alpha value is -0.530. The van der Waals surface area contributed by atoms with E-state index < -0.39 is 0 Å². The van der Waals surface area contributed by atoms with E-state index in [1.165, 1.54) is 0 Å². The van der Waals surface area contributed by atoms with E-state index in [1.54, 1.807) is 12.3 Å².